The van der Waals surface area contributed by atoms with Gasteiger partial charge in [0.25, 0.3) is 5.91 Å². The summed E-state index contributed by atoms with van der Waals surface area (Å²) in [6.07, 6.45) is 5.08. The van der Waals surface area contributed by atoms with Crippen molar-refractivity contribution < 1.29 is 9.53 Å². The summed E-state index contributed by atoms with van der Waals surface area (Å²) < 4.78 is 8.94. The van der Waals surface area contributed by atoms with Gasteiger partial charge in [-0.25, -0.2) is 4.98 Å². The molecule has 4 heterocycles. The molecule has 1 fully saturated rings. The molecule has 2 aliphatic heterocycles. The van der Waals surface area contributed by atoms with Crippen LogP contribution in [0.2, 0.25) is 0 Å². The summed E-state index contributed by atoms with van der Waals surface area (Å²) in [7, 11) is 0. The van der Waals surface area contributed by atoms with E-state index in [0.29, 0.717) is 24.7 Å². The third-order valence-corrected chi connectivity index (χ3v) is 6.02. The molecule has 1 aromatic carbocycles. The van der Waals surface area contributed by atoms with Crippen LogP contribution in [-0.2, 0) is 12.1 Å². The summed E-state index contributed by atoms with van der Waals surface area (Å²) in [4.78, 5) is 23.8. The normalized spacial score (nSPS) is 16.8. The fraction of sp³-hybridized carbons (Fsp3) is 0.375. The maximum atomic E-state index is 12.9. The lowest BCUT2D eigenvalue weighted by molar-refractivity contribution is -0.00774. The second kappa shape index (κ2) is 7.27. The van der Waals surface area contributed by atoms with Crippen LogP contribution in [0.1, 0.15) is 42.9 Å². The van der Waals surface area contributed by atoms with Crippen molar-refractivity contribution in [3.63, 3.8) is 0 Å². The van der Waals surface area contributed by atoms with Gasteiger partial charge in [-0.15, -0.1) is 0 Å². The number of benzene rings is 1. The van der Waals surface area contributed by atoms with E-state index in [2.05, 4.69) is 29.5 Å². The number of likely N-dealkylation sites (tertiary alicyclic amines) is 1. The first-order valence-electron chi connectivity index (χ1n) is 10.6. The molecular formula is C24H26N4O2. The Labute approximate surface area is 176 Å². The van der Waals surface area contributed by atoms with Gasteiger partial charge in [-0.1, -0.05) is 32.0 Å². The van der Waals surface area contributed by atoms with Gasteiger partial charge >= 0.3 is 0 Å². The highest BCUT2D eigenvalue weighted by Crippen LogP contribution is 2.49. The molecule has 0 atom stereocenters. The Morgan fingerprint density at radius 3 is 2.60 bits per heavy atom. The lowest BCUT2D eigenvalue weighted by Gasteiger charge is -2.44. The van der Waals surface area contributed by atoms with E-state index in [-0.39, 0.29) is 5.91 Å². The molecule has 5 rings (SSSR count). The Bertz CT molecular complexity index is 1070. The number of carbonyl (C=O) groups excluding carboxylic acids is 1. The number of pyridine rings is 1. The van der Waals surface area contributed by atoms with Gasteiger partial charge in [0, 0.05) is 44.2 Å². The van der Waals surface area contributed by atoms with E-state index in [4.69, 9.17) is 9.72 Å². The van der Waals surface area contributed by atoms with Gasteiger partial charge in [-0.05, 0) is 30.2 Å². The molecule has 2 aliphatic rings. The lowest BCUT2D eigenvalue weighted by atomic mass is 9.83. The molecule has 0 bridgehead atoms. The van der Waals surface area contributed by atoms with Gasteiger partial charge in [0.1, 0.15) is 11.4 Å². The number of nitrogens with zero attached hydrogens (tertiary/aromatic N) is 4. The fourth-order valence-electron chi connectivity index (χ4n) is 4.66. The van der Waals surface area contributed by atoms with E-state index < -0.39 is 5.60 Å². The Morgan fingerprint density at radius 1 is 1.10 bits per heavy atom. The summed E-state index contributed by atoms with van der Waals surface area (Å²) in [6.45, 7) is 6.58. The van der Waals surface area contributed by atoms with Gasteiger partial charge in [0.15, 0.2) is 5.60 Å². The second-order valence-corrected chi connectivity index (χ2v) is 8.59. The predicted molar refractivity (Wildman–Crippen MR) is 114 cm³/mol. The zero-order valence-corrected chi connectivity index (χ0v) is 17.4. The molecule has 0 unspecified atom stereocenters. The first-order chi connectivity index (χ1) is 14.6. The minimum absolute atomic E-state index is 0.0161. The van der Waals surface area contributed by atoms with Gasteiger partial charge in [-0.3, -0.25) is 9.78 Å². The first kappa shape index (κ1) is 18.9. The van der Waals surface area contributed by atoms with E-state index in [0.717, 1.165) is 42.1 Å². The molecule has 6 nitrogen and oxygen atoms in total. The zero-order valence-electron chi connectivity index (χ0n) is 17.4. The maximum absolute atomic E-state index is 12.9. The summed E-state index contributed by atoms with van der Waals surface area (Å²) in [5.74, 6) is 1.37. The molecular weight excluding hydrogens is 376 g/mol. The SMILES string of the molecule is CC(C)Cn1cnc2c1C1(CCN(C(=O)c3ccccn3)CC1)Oc1ccccc1-2. The number of rotatable bonds is 3. The highest BCUT2D eigenvalue weighted by atomic mass is 16.5. The summed E-state index contributed by atoms with van der Waals surface area (Å²) in [6, 6.07) is 13.6. The van der Waals surface area contributed by atoms with Crippen LogP contribution in [0.15, 0.2) is 55.0 Å². The molecule has 0 radical (unpaired) electrons. The number of para-hydroxylation sites is 1. The third-order valence-electron chi connectivity index (χ3n) is 6.02. The number of ether oxygens (including phenoxy) is 1. The summed E-state index contributed by atoms with van der Waals surface area (Å²) >= 11 is 0. The highest BCUT2D eigenvalue weighted by molar-refractivity contribution is 5.92. The van der Waals surface area contributed by atoms with Crippen molar-refractivity contribution >= 4 is 5.91 Å². The minimum Gasteiger partial charge on any atom is -0.480 e. The Kier molecular flexibility index (Phi) is 4.57. The van der Waals surface area contributed by atoms with Crippen LogP contribution in [0.3, 0.4) is 0 Å². The average Bonchev–Trinajstić information content (AvgIpc) is 3.19. The number of amides is 1. The number of hydrogen-bond acceptors (Lipinski definition) is 4. The predicted octanol–water partition coefficient (Wildman–Crippen LogP) is 4.13. The molecule has 6 heteroatoms. The quantitative estimate of drug-likeness (QED) is 0.661. The fourth-order valence-corrected chi connectivity index (χ4v) is 4.66. The Morgan fingerprint density at radius 2 is 1.87 bits per heavy atom. The lowest BCUT2D eigenvalue weighted by Crippen LogP contribution is -2.50. The van der Waals surface area contributed by atoms with Crippen molar-refractivity contribution in [2.24, 2.45) is 5.92 Å². The number of aromatic nitrogens is 3. The van der Waals surface area contributed by atoms with Gasteiger partial charge in [-0.2, -0.15) is 0 Å². The maximum Gasteiger partial charge on any atom is 0.272 e. The van der Waals surface area contributed by atoms with Crippen LogP contribution >= 0.6 is 0 Å². The van der Waals surface area contributed by atoms with Crippen molar-refractivity contribution in [1.82, 2.24) is 19.4 Å². The molecule has 1 spiro atoms. The molecule has 0 aliphatic carbocycles. The molecule has 30 heavy (non-hydrogen) atoms. The molecule has 2 aromatic heterocycles. The van der Waals surface area contributed by atoms with Crippen molar-refractivity contribution in [2.45, 2.75) is 38.8 Å². The molecule has 0 N–H and O–H groups in total. The van der Waals surface area contributed by atoms with Crippen LogP contribution in [0, 0.1) is 5.92 Å². The molecule has 1 amide bonds. The van der Waals surface area contributed by atoms with Crippen LogP contribution in [0.4, 0.5) is 0 Å². The standard InChI is InChI=1S/C24H26N4O2/c1-17(2)15-28-16-26-21-18-7-3-4-9-20(18)30-24(22(21)28)10-13-27(14-11-24)23(29)19-8-5-6-12-25-19/h3-9,12,16-17H,10-11,13-15H2,1-2H3. The monoisotopic (exact) mass is 402 g/mol. The first-order valence-corrected chi connectivity index (χ1v) is 10.6. The number of fused-ring (bicyclic) bond motifs is 4. The smallest absolute Gasteiger partial charge is 0.272 e. The van der Waals surface area contributed by atoms with E-state index in [9.17, 15) is 4.79 Å². The number of hydrogen-bond donors (Lipinski definition) is 0. The number of imidazole rings is 1. The van der Waals surface area contributed by atoms with Crippen LogP contribution < -0.4 is 4.74 Å². The molecule has 0 saturated carbocycles. The summed E-state index contributed by atoms with van der Waals surface area (Å²) in [5, 5.41) is 0. The molecule has 3 aromatic rings. The van der Waals surface area contributed by atoms with Crippen molar-refractivity contribution in [1.29, 1.82) is 0 Å². The number of piperidine rings is 1. The highest BCUT2D eigenvalue weighted by Gasteiger charge is 2.47. The topological polar surface area (TPSA) is 60.2 Å². The van der Waals surface area contributed by atoms with E-state index in [1.165, 1.54) is 0 Å². The van der Waals surface area contributed by atoms with Gasteiger partial charge in [0.2, 0.25) is 0 Å². The van der Waals surface area contributed by atoms with Gasteiger partial charge in [0.05, 0.1) is 17.7 Å². The summed E-state index contributed by atoms with van der Waals surface area (Å²) in [5.41, 5.74) is 3.25. The van der Waals surface area contributed by atoms with Gasteiger partial charge < -0.3 is 14.2 Å². The van der Waals surface area contributed by atoms with Crippen molar-refractivity contribution in [3.05, 3.63) is 66.4 Å². The van der Waals surface area contributed by atoms with E-state index in [1.807, 2.05) is 41.6 Å². The number of carbonyl (C=O) groups is 1. The second-order valence-electron chi connectivity index (χ2n) is 8.59. The third kappa shape index (κ3) is 3.07. The molecule has 154 valence electrons. The Hall–Kier alpha value is -3.15. The van der Waals surface area contributed by atoms with Crippen molar-refractivity contribution in [2.75, 3.05) is 13.1 Å². The van der Waals surface area contributed by atoms with Crippen LogP contribution in [-0.4, -0.2) is 38.4 Å². The zero-order chi connectivity index (χ0) is 20.7. The average molecular weight is 402 g/mol. The van der Waals surface area contributed by atoms with E-state index >= 15 is 0 Å². The minimum atomic E-state index is -0.462. The van der Waals surface area contributed by atoms with Crippen LogP contribution in [0.25, 0.3) is 11.3 Å². The van der Waals surface area contributed by atoms with Crippen LogP contribution in [0.5, 0.6) is 5.75 Å². The molecule has 1 saturated heterocycles. The Balaban J connectivity index is 1.48. The largest absolute Gasteiger partial charge is 0.480 e. The van der Waals surface area contributed by atoms with Crippen molar-refractivity contribution in [3.8, 4) is 17.0 Å². The van der Waals surface area contributed by atoms with E-state index in [1.54, 1.807) is 12.3 Å².